The summed E-state index contributed by atoms with van der Waals surface area (Å²) in [6.07, 6.45) is 1.14. The highest BCUT2D eigenvalue weighted by molar-refractivity contribution is 7.14. The summed E-state index contributed by atoms with van der Waals surface area (Å²) in [7, 11) is 0. The molecule has 0 aliphatic rings. The fraction of sp³-hybridized carbons (Fsp3) is 0.385. The van der Waals surface area contributed by atoms with Crippen molar-refractivity contribution in [2.75, 3.05) is 6.54 Å². The van der Waals surface area contributed by atoms with Crippen LogP contribution in [0.4, 0.5) is 0 Å². The van der Waals surface area contributed by atoms with E-state index in [-0.39, 0.29) is 12.0 Å². The second-order valence-electron chi connectivity index (χ2n) is 4.30. The second kappa shape index (κ2) is 6.79. The largest absolute Gasteiger partial charge is 0.393 e. The van der Waals surface area contributed by atoms with Crippen LogP contribution in [-0.4, -0.2) is 28.6 Å². The van der Waals surface area contributed by atoms with Crippen molar-refractivity contribution in [3.8, 4) is 10.6 Å². The van der Waals surface area contributed by atoms with Crippen LogP contribution in [0.15, 0.2) is 22.2 Å². The van der Waals surface area contributed by atoms with Gasteiger partial charge in [0.15, 0.2) is 0 Å². The molecule has 0 fully saturated rings. The minimum atomic E-state index is -0.318. The number of carbonyl (C=O) groups excluding carboxylic acids is 1. The third-order valence-corrected chi connectivity index (χ3v) is 4.16. The standard InChI is InChI=1S/C13H16N2O2S2/c1-9(16)3-2-5-14-12(17)11-8-19-13(15-11)10-4-6-18-7-10/h4,6-9,16H,2-3,5H2,1H3,(H,14,17). The molecule has 2 heterocycles. The molecular formula is C13H16N2O2S2. The van der Waals surface area contributed by atoms with Crippen LogP contribution < -0.4 is 5.32 Å². The molecule has 6 heteroatoms. The van der Waals surface area contributed by atoms with Crippen molar-refractivity contribution in [1.29, 1.82) is 0 Å². The summed E-state index contributed by atoms with van der Waals surface area (Å²) in [6, 6.07) is 1.99. The smallest absolute Gasteiger partial charge is 0.270 e. The van der Waals surface area contributed by atoms with Crippen LogP contribution in [-0.2, 0) is 0 Å². The lowest BCUT2D eigenvalue weighted by atomic mass is 10.2. The van der Waals surface area contributed by atoms with Gasteiger partial charge in [-0.05, 0) is 31.2 Å². The molecule has 0 bridgehead atoms. The summed E-state index contributed by atoms with van der Waals surface area (Å²) in [5.41, 5.74) is 1.52. The molecule has 4 nitrogen and oxygen atoms in total. The molecule has 0 aliphatic heterocycles. The van der Waals surface area contributed by atoms with E-state index in [1.807, 2.05) is 16.8 Å². The van der Waals surface area contributed by atoms with Crippen LogP contribution in [0.1, 0.15) is 30.3 Å². The Bertz CT molecular complexity index is 520. The van der Waals surface area contributed by atoms with Gasteiger partial charge < -0.3 is 10.4 Å². The SMILES string of the molecule is CC(O)CCCNC(=O)c1csc(-c2ccsc2)n1. The molecule has 2 aromatic heterocycles. The Labute approximate surface area is 120 Å². The number of rotatable bonds is 6. The van der Waals surface area contributed by atoms with E-state index < -0.39 is 0 Å². The molecule has 0 spiro atoms. The first kappa shape index (κ1) is 14.2. The first-order valence-electron chi connectivity index (χ1n) is 6.11. The quantitative estimate of drug-likeness (QED) is 0.806. The predicted molar refractivity (Wildman–Crippen MR) is 78.7 cm³/mol. The second-order valence-corrected chi connectivity index (χ2v) is 5.94. The van der Waals surface area contributed by atoms with Gasteiger partial charge in [0.05, 0.1) is 6.10 Å². The highest BCUT2D eigenvalue weighted by Gasteiger charge is 2.11. The normalized spacial score (nSPS) is 12.3. The van der Waals surface area contributed by atoms with Gasteiger partial charge in [0, 0.05) is 22.9 Å². The molecule has 0 aliphatic carbocycles. The molecule has 0 radical (unpaired) electrons. The highest BCUT2D eigenvalue weighted by atomic mass is 32.1. The van der Waals surface area contributed by atoms with Crippen LogP contribution in [0.5, 0.6) is 0 Å². The molecular weight excluding hydrogens is 280 g/mol. The van der Waals surface area contributed by atoms with Crippen molar-refractivity contribution in [3.63, 3.8) is 0 Å². The number of aliphatic hydroxyl groups is 1. The van der Waals surface area contributed by atoms with Crippen LogP contribution in [0.25, 0.3) is 10.6 Å². The van der Waals surface area contributed by atoms with E-state index in [0.29, 0.717) is 18.7 Å². The summed E-state index contributed by atoms with van der Waals surface area (Å²) in [4.78, 5) is 16.2. The van der Waals surface area contributed by atoms with Gasteiger partial charge in [0.25, 0.3) is 5.91 Å². The van der Waals surface area contributed by atoms with Gasteiger partial charge in [-0.15, -0.1) is 11.3 Å². The zero-order chi connectivity index (χ0) is 13.7. The van der Waals surface area contributed by atoms with Crippen LogP contribution >= 0.6 is 22.7 Å². The topological polar surface area (TPSA) is 62.2 Å². The summed E-state index contributed by atoms with van der Waals surface area (Å²) in [5, 5.41) is 18.6. The molecule has 1 atom stereocenters. The Morgan fingerprint density at radius 2 is 2.37 bits per heavy atom. The number of carbonyl (C=O) groups is 1. The van der Waals surface area contributed by atoms with Gasteiger partial charge in [-0.2, -0.15) is 11.3 Å². The van der Waals surface area contributed by atoms with Crippen molar-refractivity contribution < 1.29 is 9.90 Å². The molecule has 1 amide bonds. The number of nitrogens with zero attached hydrogens (tertiary/aromatic N) is 1. The number of aliphatic hydroxyl groups excluding tert-OH is 1. The van der Waals surface area contributed by atoms with Gasteiger partial charge in [-0.25, -0.2) is 4.98 Å². The number of hydrogen-bond donors (Lipinski definition) is 2. The van der Waals surface area contributed by atoms with E-state index in [1.54, 1.807) is 23.6 Å². The lowest BCUT2D eigenvalue weighted by molar-refractivity contribution is 0.0945. The van der Waals surface area contributed by atoms with Crippen molar-refractivity contribution in [1.82, 2.24) is 10.3 Å². The Hall–Kier alpha value is -1.24. The third kappa shape index (κ3) is 4.12. The van der Waals surface area contributed by atoms with E-state index in [2.05, 4.69) is 10.3 Å². The molecule has 1 unspecified atom stereocenters. The van der Waals surface area contributed by atoms with Crippen LogP contribution in [0, 0.1) is 0 Å². The first-order chi connectivity index (χ1) is 9.16. The summed E-state index contributed by atoms with van der Waals surface area (Å²) in [6.45, 7) is 2.31. The average molecular weight is 296 g/mol. The van der Waals surface area contributed by atoms with Crippen molar-refractivity contribution in [2.45, 2.75) is 25.9 Å². The molecule has 0 saturated carbocycles. The molecule has 0 aromatic carbocycles. The molecule has 0 saturated heterocycles. The van der Waals surface area contributed by atoms with Gasteiger partial charge in [0.2, 0.25) is 0 Å². The summed E-state index contributed by atoms with van der Waals surface area (Å²) in [5.74, 6) is -0.150. The van der Waals surface area contributed by atoms with Crippen LogP contribution in [0.3, 0.4) is 0 Å². The zero-order valence-electron chi connectivity index (χ0n) is 10.6. The summed E-state index contributed by atoms with van der Waals surface area (Å²) >= 11 is 3.09. The van der Waals surface area contributed by atoms with E-state index in [0.717, 1.165) is 17.0 Å². The Morgan fingerprint density at radius 3 is 3.05 bits per heavy atom. The van der Waals surface area contributed by atoms with Gasteiger partial charge >= 0.3 is 0 Å². The maximum Gasteiger partial charge on any atom is 0.270 e. The number of thiophene rings is 1. The maximum atomic E-state index is 11.8. The number of aromatic nitrogens is 1. The van der Waals surface area contributed by atoms with Crippen LogP contribution in [0.2, 0.25) is 0 Å². The van der Waals surface area contributed by atoms with Gasteiger partial charge in [-0.3, -0.25) is 4.79 Å². The molecule has 2 rings (SSSR count). The number of thiazole rings is 1. The van der Waals surface area contributed by atoms with E-state index >= 15 is 0 Å². The Morgan fingerprint density at radius 1 is 1.53 bits per heavy atom. The summed E-state index contributed by atoms with van der Waals surface area (Å²) < 4.78 is 0. The number of hydrogen-bond acceptors (Lipinski definition) is 5. The van der Waals surface area contributed by atoms with Gasteiger partial charge in [-0.1, -0.05) is 0 Å². The van der Waals surface area contributed by atoms with E-state index in [9.17, 15) is 4.79 Å². The van der Waals surface area contributed by atoms with E-state index in [1.165, 1.54) is 11.3 Å². The van der Waals surface area contributed by atoms with Crippen molar-refractivity contribution in [2.24, 2.45) is 0 Å². The lowest BCUT2D eigenvalue weighted by Gasteiger charge is -2.04. The van der Waals surface area contributed by atoms with Gasteiger partial charge in [0.1, 0.15) is 10.7 Å². The fourth-order valence-electron chi connectivity index (χ4n) is 1.59. The predicted octanol–water partition coefficient (Wildman–Crippen LogP) is 2.76. The maximum absolute atomic E-state index is 11.8. The van der Waals surface area contributed by atoms with Crippen molar-refractivity contribution in [3.05, 3.63) is 27.9 Å². The first-order valence-corrected chi connectivity index (χ1v) is 7.93. The fourth-order valence-corrected chi connectivity index (χ4v) is 3.10. The van der Waals surface area contributed by atoms with E-state index in [4.69, 9.17) is 5.11 Å². The minimum Gasteiger partial charge on any atom is -0.393 e. The molecule has 102 valence electrons. The average Bonchev–Trinajstić information content (AvgIpc) is 3.03. The molecule has 2 N–H and O–H groups in total. The third-order valence-electron chi connectivity index (χ3n) is 2.59. The highest BCUT2D eigenvalue weighted by Crippen LogP contribution is 2.25. The minimum absolute atomic E-state index is 0.150. The Kier molecular flexibility index (Phi) is 5.07. The molecule has 2 aromatic rings. The monoisotopic (exact) mass is 296 g/mol. The Balaban J connectivity index is 1.86. The zero-order valence-corrected chi connectivity index (χ0v) is 12.3. The number of amides is 1. The lowest BCUT2D eigenvalue weighted by Crippen LogP contribution is -2.25. The van der Waals surface area contributed by atoms with Crippen molar-refractivity contribution >= 4 is 28.6 Å². The molecule has 19 heavy (non-hydrogen) atoms. The number of nitrogens with one attached hydrogen (secondary N) is 1.